The predicted octanol–water partition coefficient (Wildman–Crippen LogP) is 1.50. The number of ether oxygens (including phenoxy) is 1. The monoisotopic (exact) mass is 239 g/mol. The van der Waals surface area contributed by atoms with Gasteiger partial charge in [0.05, 0.1) is 0 Å². The van der Waals surface area contributed by atoms with Gasteiger partial charge in [0.15, 0.2) is 0 Å². The van der Waals surface area contributed by atoms with Gasteiger partial charge in [0, 0.05) is 6.61 Å². The van der Waals surface area contributed by atoms with Crippen LogP contribution in [0.4, 0.5) is 8.78 Å². The van der Waals surface area contributed by atoms with E-state index in [9.17, 15) is 13.6 Å². The third-order valence-electron chi connectivity index (χ3n) is 2.25. The van der Waals surface area contributed by atoms with Crippen LogP contribution in [0.1, 0.15) is 26.7 Å². The summed E-state index contributed by atoms with van der Waals surface area (Å²) in [7, 11) is 0. The van der Waals surface area contributed by atoms with E-state index in [1.54, 1.807) is 6.92 Å². The lowest BCUT2D eigenvalue weighted by Crippen LogP contribution is -2.49. The fraction of sp³-hybridized carbons (Fsp3) is 0.900. The molecule has 0 aliphatic heterocycles. The summed E-state index contributed by atoms with van der Waals surface area (Å²) >= 11 is 0. The number of halogens is 2. The number of alkyl halides is 2. The zero-order valence-electron chi connectivity index (χ0n) is 9.63. The smallest absolute Gasteiger partial charge is 0.323 e. The van der Waals surface area contributed by atoms with E-state index in [4.69, 9.17) is 5.11 Å². The molecule has 0 radical (unpaired) electrons. The second-order valence-electron chi connectivity index (χ2n) is 3.74. The van der Waals surface area contributed by atoms with Crippen LogP contribution in [0.25, 0.3) is 0 Å². The molecular formula is C10H19F2NO3. The summed E-state index contributed by atoms with van der Waals surface area (Å²) in [6, 6.07) is 0. The molecule has 0 saturated carbocycles. The Balaban J connectivity index is 3.81. The van der Waals surface area contributed by atoms with Crippen LogP contribution in [0.2, 0.25) is 0 Å². The summed E-state index contributed by atoms with van der Waals surface area (Å²) < 4.78 is 28.1. The van der Waals surface area contributed by atoms with Gasteiger partial charge in [-0.15, -0.1) is 0 Å². The number of rotatable bonds is 9. The van der Waals surface area contributed by atoms with Gasteiger partial charge in [-0.05, 0) is 26.3 Å². The summed E-state index contributed by atoms with van der Waals surface area (Å²) in [5, 5.41) is 11.8. The summed E-state index contributed by atoms with van der Waals surface area (Å²) in [5.41, 5.74) is -1.01. The van der Waals surface area contributed by atoms with Crippen molar-refractivity contribution < 1.29 is 23.4 Å². The molecule has 0 saturated heterocycles. The molecule has 0 aromatic rings. The van der Waals surface area contributed by atoms with Gasteiger partial charge < -0.3 is 15.2 Å². The van der Waals surface area contributed by atoms with E-state index in [2.05, 4.69) is 10.1 Å². The van der Waals surface area contributed by atoms with Gasteiger partial charge in [0.2, 0.25) is 0 Å². The molecular weight excluding hydrogens is 220 g/mol. The zero-order chi connectivity index (χ0) is 12.6. The van der Waals surface area contributed by atoms with Crippen molar-refractivity contribution in [2.75, 3.05) is 19.8 Å². The molecule has 1 unspecified atom stereocenters. The molecule has 4 nitrogen and oxygen atoms in total. The lowest BCUT2D eigenvalue weighted by Gasteiger charge is -2.25. The highest BCUT2D eigenvalue weighted by Gasteiger charge is 2.31. The Morgan fingerprint density at radius 1 is 1.56 bits per heavy atom. The summed E-state index contributed by atoms with van der Waals surface area (Å²) in [5.74, 6) is -0.941. The average molecular weight is 239 g/mol. The Labute approximate surface area is 94.0 Å². The quantitative estimate of drug-likeness (QED) is 0.599. The van der Waals surface area contributed by atoms with Gasteiger partial charge >= 0.3 is 5.97 Å². The number of carboxylic acids is 1. The van der Waals surface area contributed by atoms with E-state index >= 15 is 0 Å². The number of carbonyl (C=O) groups is 1. The molecule has 0 aromatic carbocycles. The minimum Gasteiger partial charge on any atom is -0.480 e. The van der Waals surface area contributed by atoms with Crippen LogP contribution in [0.5, 0.6) is 0 Å². The molecule has 96 valence electrons. The largest absolute Gasteiger partial charge is 0.480 e. The fourth-order valence-corrected chi connectivity index (χ4v) is 1.36. The highest BCUT2D eigenvalue weighted by atomic mass is 19.3. The molecule has 0 aliphatic carbocycles. The molecule has 0 heterocycles. The van der Waals surface area contributed by atoms with E-state index in [1.807, 2.05) is 6.92 Å². The number of nitrogens with one attached hydrogen (secondary N) is 1. The molecule has 16 heavy (non-hydrogen) atoms. The molecule has 0 aromatic heterocycles. The second-order valence-corrected chi connectivity index (χ2v) is 3.74. The Morgan fingerprint density at radius 3 is 2.62 bits per heavy atom. The normalized spacial score (nSPS) is 15.1. The van der Waals surface area contributed by atoms with Crippen molar-refractivity contribution in [3.05, 3.63) is 0 Å². The van der Waals surface area contributed by atoms with E-state index in [-0.39, 0.29) is 6.61 Å². The Kier molecular flexibility index (Phi) is 7.16. The van der Waals surface area contributed by atoms with Crippen LogP contribution in [0.15, 0.2) is 0 Å². The average Bonchev–Trinajstić information content (AvgIpc) is 2.17. The molecule has 0 amide bonds. The maximum atomic E-state index is 11.7. The summed E-state index contributed by atoms with van der Waals surface area (Å²) in [6.07, 6.45) is -1.69. The SMILES string of the molecule is CCNC(C)(CCCOCC(F)F)C(=O)O. The van der Waals surface area contributed by atoms with Crippen molar-refractivity contribution >= 4 is 5.97 Å². The molecule has 1 atom stereocenters. The minimum atomic E-state index is -2.47. The van der Waals surface area contributed by atoms with Crippen molar-refractivity contribution in [1.82, 2.24) is 5.32 Å². The number of hydrogen-bond donors (Lipinski definition) is 2. The van der Waals surface area contributed by atoms with Crippen LogP contribution in [0.3, 0.4) is 0 Å². The van der Waals surface area contributed by atoms with Crippen LogP contribution >= 0.6 is 0 Å². The van der Waals surface area contributed by atoms with Gasteiger partial charge in [-0.2, -0.15) is 0 Å². The van der Waals surface area contributed by atoms with Gasteiger partial charge in [0.25, 0.3) is 6.43 Å². The van der Waals surface area contributed by atoms with Crippen molar-refractivity contribution in [1.29, 1.82) is 0 Å². The van der Waals surface area contributed by atoms with Crippen molar-refractivity contribution in [3.8, 4) is 0 Å². The Bertz CT molecular complexity index is 214. The van der Waals surface area contributed by atoms with Gasteiger partial charge in [-0.1, -0.05) is 6.92 Å². The van der Waals surface area contributed by atoms with Gasteiger partial charge in [-0.25, -0.2) is 8.78 Å². The second kappa shape index (κ2) is 7.51. The standard InChI is InChI=1S/C10H19F2NO3/c1-3-13-10(2,9(14)15)5-4-6-16-7-8(11)12/h8,13H,3-7H2,1-2H3,(H,14,15). The van der Waals surface area contributed by atoms with E-state index < -0.39 is 24.5 Å². The van der Waals surface area contributed by atoms with Crippen LogP contribution in [-0.4, -0.2) is 42.8 Å². The first-order valence-electron chi connectivity index (χ1n) is 5.26. The molecule has 0 aliphatic rings. The van der Waals surface area contributed by atoms with E-state index in [1.165, 1.54) is 0 Å². The molecule has 0 spiro atoms. The van der Waals surface area contributed by atoms with Crippen LogP contribution in [0, 0.1) is 0 Å². The lowest BCUT2D eigenvalue weighted by molar-refractivity contribution is -0.144. The fourth-order valence-electron chi connectivity index (χ4n) is 1.36. The van der Waals surface area contributed by atoms with Gasteiger partial charge in [-0.3, -0.25) is 4.79 Å². The highest BCUT2D eigenvalue weighted by molar-refractivity contribution is 5.78. The molecule has 6 heteroatoms. The Morgan fingerprint density at radius 2 is 2.19 bits per heavy atom. The molecule has 2 N–H and O–H groups in total. The van der Waals surface area contributed by atoms with Crippen molar-refractivity contribution in [2.24, 2.45) is 0 Å². The van der Waals surface area contributed by atoms with Crippen LogP contribution in [-0.2, 0) is 9.53 Å². The number of likely N-dealkylation sites (N-methyl/N-ethyl adjacent to an activating group) is 1. The van der Waals surface area contributed by atoms with E-state index in [0.29, 0.717) is 19.4 Å². The zero-order valence-corrected chi connectivity index (χ0v) is 9.63. The number of hydrogen-bond acceptors (Lipinski definition) is 3. The third-order valence-corrected chi connectivity index (χ3v) is 2.25. The third kappa shape index (κ3) is 5.97. The van der Waals surface area contributed by atoms with Gasteiger partial charge in [0.1, 0.15) is 12.1 Å². The first kappa shape index (κ1) is 15.2. The predicted molar refractivity (Wildman–Crippen MR) is 55.8 cm³/mol. The lowest BCUT2D eigenvalue weighted by atomic mass is 9.96. The van der Waals surface area contributed by atoms with E-state index in [0.717, 1.165) is 0 Å². The number of carboxylic acid groups (broad SMARTS) is 1. The number of aliphatic carboxylic acids is 1. The first-order valence-corrected chi connectivity index (χ1v) is 5.26. The maximum absolute atomic E-state index is 11.7. The maximum Gasteiger partial charge on any atom is 0.323 e. The topological polar surface area (TPSA) is 58.6 Å². The van der Waals surface area contributed by atoms with Crippen LogP contribution < -0.4 is 5.32 Å². The minimum absolute atomic E-state index is 0.151. The summed E-state index contributed by atoms with van der Waals surface area (Å²) in [4.78, 5) is 11.0. The summed E-state index contributed by atoms with van der Waals surface area (Å²) in [6.45, 7) is 3.49. The molecule has 0 fully saturated rings. The van der Waals surface area contributed by atoms with Crippen molar-refractivity contribution in [3.63, 3.8) is 0 Å². The first-order chi connectivity index (χ1) is 7.42. The molecule has 0 rings (SSSR count). The molecule has 0 bridgehead atoms. The highest BCUT2D eigenvalue weighted by Crippen LogP contribution is 2.12. The Hall–Kier alpha value is -0.750. The van der Waals surface area contributed by atoms with Crippen molar-refractivity contribution in [2.45, 2.75) is 38.7 Å².